The van der Waals surface area contributed by atoms with Gasteiger partial charge in [0.25, 0.3) is 0 Å². The monoisotopic (exact) mass is 407 g/mol. The van der Waals surface area contributed by atoms with Gasteiger partial charge in [-0.2, -0.15) is 4.39 Å². The summed E-state index contributed by atoms with van der Waals surface area (Å²) in [5.41, 5.74) is 2.49. The van der Waals surface area contributed by atoms with Crippen molar-refractivity contribution in [2.24, 2.45) is 0 Å². The van der Waals surface area contributed by atoms with Crippen LogP contribution < -0.4 is 4.90 Å². The van der Waals surface area contributed by atoms with Gasteiger partial charge in [0, 0.05) is 24.2 Å². The Hall–Kier alpha value is -3.33. The molecule has 30 heavy (non-hydrogen) atoms. The van der Waals surface area contributed by atoms with Gasteiger partial charge in [-0.1, -0.05) is 0 Å². The lowest BCUT2D eigenvalue weighted by Gasteiger charge is -2.34. The van der Waals surface area contributed by atoms with E-state index in [4.69, 9.17) is 9.72 Å². The van der Waals surface area contributed by atoms with Crippen LogP contribution in [0.4, 0.5) is 10.2 Å². The molecule has 1 N–H and O–H groups in total. The summed E-state index contributed by atoms with van der Waals surface area (Å²) in [6.07, 6.45) is 3.27. The summed E-state index contributed by atoms with van der Waals surface area (Å²) < 4.78 is 22.5. The lowest BCUT2D eigenvalue weighted by Crippen LogP contribution is -2.44. The minimum Gasteiger partial charge on any atom is -0.377 e. The summed E-state index contributed by atoms with van der Waals surface area (Å²) in [6.45, 7) is 7.84. The molecule has 9 heteroatoms. The molecule has 4 aromatic heterocycles. The zero-order valence-corrected chi connectivity index (χ0v) is 17.1. The predicted molar refractivity (Wildman–Crippen MR) is 111 cm³/mol. The Balaban J connectivity index is 1.76. The molecule has 1 atom stereocenters. The van der Waals surface area contributed by atoms with Gasteiger partial charge in [0.05, 0.1) is 47.9 Å². The number of aromatic nitrogens is 6. The lowest BCUT2D eigenvalue weighted by molar-refractivity contribution is 0.0985. The largest absolute Gasteiger partial charge is 0.377 e. The van der Waals surface area contributed by atoms with E-state index in [9.17, 15) is 4.39 Å². The van der Waals surface area contributed by atoms with Crippen LogP contribution in [-0.2, 0) is 4.74 Å². The van der Waals surface area contributed by atoms with E-state index in [2.05, 4.69) is 32.0 Å². The first-order valence-corrected chi connectivity index (χ1v) is 9.90. The number of nitrogens with one attached hydrogen (secondary N) is 1. The Kier molecular flexibility index (Phi) is 4.47. The molecule has 0 aliphatic carbocycles. The van der Waals surface area contributed by atoms with Crippen molar-refractivity contribution in [2.75, 3.05) is 24.7 Å². The molecule has 1 fully saturated rings. The second-order valence-corrected chi connectivity index (χ2v) is 7.54. The summed E-state index contributed by atoms with van der Waals surface area (Å²) in [5, 5.41) is 9.10. The number of rotatable bonds is 3. The molecule has 0 saturated carbocycles. The average Bonchev–Trinajstić information content (AvgIpc) is 3.34. The van der Waals surface area contributed by atoms with Crippen molar-refractivity contribution >= 4 is 16.7 Å². The summed E-state index contributed by atoms with van der Waals surface area (Å²) in [7, 11) is 0. The van der Waals surface area contributed by atoms with Gasteiger partial charge in [-0.15, -0.1) is 10.2 Å². The molecule has 4 aromatic rings. The minimum absolute atomic E-state index is 0.156. The normalized spacial score (nSPS) is 17.1. The molecule has 0 bridgehead atoms. The van der Waals surface area contributed by atoms with Crippen molar-refractivity contribution in [3.8, 4) is 16.9 Å². The molecule has 8 nitrogen and oxygen atoms in total. The molecule has 0 amide bonds. The molecular formula is C21H22FN7O. The average molecular weight is 407 g/mol. The number of pyridine rings is 2. The van der Waals surface area contributed by atoms with Crippen molar-refractivity contribution < 1.29 is 9.13 Å². The number of hydrogen-bond donors (Lipinski definition) is 1. The number of anilines is 1. The van der Waals surface area contributed by atoms with Gasteiger partial charge in [0.1, 0.15) is 17.5 Å². The van der Waals surface area contributed by atoms with Crippen LogP contribution in [-0.4, -0.2) is 55.5 Å². The molecule has 154 valence electrons. The Bertz CT molecular complexity index is 1210. The molecular weight excluding hydrogens is 385 g/mol. The smallest absolute Gasteiger partial charge is 0.223 e. The fraction of sp³-hybridized carbons (Fsp3) is 0.333. The number of H-pyrrole nitrogens is 1. The van der Waals surface area contributed by atoms with Crippen LogP contribution in [0, 0.1) is 19.8 Å². The summed E-state index contributed by atoms with van der Waals surface area (Å²) in [4.78, 5) is 14.1. The number of ether oxygens (including phenoxy) is 1. The van der Waals surface area contributed by atoms with E-state index < -0.39 is 5.95 Å². The molecule has 5 rings (SSSR count). The first kappa shape index (κ1) is 18.7. The Labute approximate surface area is 172 Å². The zero-order chi connectivity index (χ0) is 20.8. The van der Waals surface area contributed by atoms with E-state index in [1.54, 1.807) is 6.20 Å². The van der Waals surface area contributed by atoms with Gasteiger partial charge in [-0.05, 0) is 32.9 Å². The van der Waals surface area contributed by atoms with E-state index in [1.807, 2.05) is 36.6 Å². The highest BCUT2D eigenvalue weighted by Gasteiger charge is 2.24. The van der Waals surface area contributed by atoms with Crippen molar-refractivity contribution in [1.82, 2.24) is 29.7 Å². The van der Waals surface area contributed by atoms with Gasteiger partial charge in [-0.3, -0.25) is 4.57 Å². The number of hydrogen-bond acceptors (Lipinski definition) is 6. The van der Waals surface area contributed by atoms with Crippen LogP contribution in [0.3, 0.4) is 0 Å². The molecule has 0 aromatic carbocycles. The highest BCUT2D eigenvalue weighted by atomic mass is 19.1. The SMILES string of the molecule is Cc1nnc(C)n1-c1cc(-c2c(F)ncc3[nH]ccc23)nc(N2CCOC[C@H]2C)c1. The van der Waals surface area contributed by atoms with Crippen molar-refractivity contribution in [2.45, 2.75) is 26.8 Å². The van der Waals surface area contributed by atoms with E-state index in [1.165, 1.54) is 6.20 Å². The number of fused-ring (bicyclic) bond motifs is 1. The van der Waals surface area contributed by atoms with Gasteiger partial charge in [0.15, 0.2) is 0 Å². The third-order valence-corrected chi connectivity index (χ3v) is 5.52. The first-order chi connectivity index (χ1) is 14.5. The van der Waals surface area contributed by atoms with Gasteiger partial charge >= 0.3 is 0 Å². The third kappa shape index (κ3) is 3.02. The number of aryl methyl sites for hydroxylation is 2. The Morgan fingerprint density at radius 1 is 1.20 bits per heavy atom. The molecule has 0 spiro atoms. The maximum atomic E-state index is 14.9. The number of morpholine rings is 1. The Morgan fingerprint density at radius 2 is 2.00 bits per heavy atom. The highest BCUT2D eigenvalue weighted by Crippen LogP contribution is 2.33. The molecule has 0 radical (unpaired) electrons. The van der Waals surface area contributed by atoms with E-state index in [0.29, 0.717) is 31.0 Å². The van der Waals surface area contributed by atoms with Crippen molar-refractivity contribution in [1.29, 1.82) is 0 Å². The van der Waals surface area contributed by atoms with E-state index >= 15 is 0 Å². The molecule has 1 saturated heterocycles. The van der Waals surface area contributed by atoms with Gasteiger partial charge < -0.3 is 14.6 Å². The molecule has 1 aliphatic rings. The van der Waals surface area contributed by atoms with Crippen LogP contribution in [0.25, 0.3) is 27.8 Å². The van der Waals surface area contributed by atoms with Crippen LogP contribution in [0.15, 0.2) is 30.6 Å². The molecule has 1 aliphatic heterocycles. The van der Waals surface area contributed by atoms with Crippen LogP contribution in [0.2, 0.25) is 0 Å². The Morgan fingerprint density at radius 3 is 2.77 bits per heavy atom. The van der Waals surface area contributed by atoms with Gasteiger partial charge in [-0.25, -0.2) is 9.97 Å². The van der Waals surface area contributed by atoms with Crippen LogP contribution in [0.1, 0.15) is 18.6 Å². The highest BCUT2D eigenvalue weighted by molar-refractivity contribution is 5.94. The maximum Gasteiger partial charge on any atom is 0.223 e. The number of aromatic amines is 1. The minimum atomic E-state index is -0.551. The second-order valence-electron chi connectivity index (χ2n) is 7.54. The topological polar surface area (TPSA) is 84.8 Å². The van der Waals surface area contributed by atoms with Crippen LogP contribution in [0.5, 0.6) is 0 Å². The lowest BCUT2D eigenvalue weighted by atomic mass is 10.1. The summed E-state index contributed by atoms with van der Waals surface area (Å²) >= 11 is 0. The van der Waals surface area contributed by atoms with Crippen LogP contribution >= 0.6 is 0 Å². The molecule has 5 heterocycles. The summed E-state index contributed by atoms with van der Waals surface area (Å²) in [6, 6.07) is 5.86. The third-order valence-electron chi connectivity index (χ3n) is 5.52. The fourth-order valence-electron chi connectivity index (χ4n) is 4.06. The van der Waals surface area contributed by atoms with Crippen molar-refractivity contribution in [3.63, 3.8) is 0 Å². The second kappa shape index (κ2) is 7.17. The van der Waals surface area contributed by atoms with Gasteiger partial charge in [0.2, 0.25) is 5.95 Å². The standard InChI is InChI=1S/C21H22FN7O/c1-12-11-30-7-6-28(12)19-9-15(29-13(2)26-27-14(29)3)8-17(25-19)20-16-4-5-23-18(16)10-24-21(20)22/h4-5,8-10,12,23H,6-7,11H2,1-3H3/t12-/m1/s1. The predicted octanol–water partition coefficient (Wildman–Crippen LogP) is 3.19. The van der Waals surface area contributed by atoms with Crippen molar-refractivity contribution in [3.05, 3.63) is 48.2 Å². The zero-order valence-electron chi connectivity index (χ0n) is 17.1. The van der Waals surface area contributed by atoms with E-state index in [-0.39, 0.29) is 6.04 Å². The number of nitrogens with zero attached hydrogens (tertiary/aromatic N) is 6. The molecule has 0 unspecified atom stereocenters. The number of halogens is 1. The summed E-state index contributed by atoms with van der Waals surface area (Å²) in [5.74, 6) is 1.72. The maximum absolute atomic E-state index is 14.9. The first-order valence-electron chi connectivity index (χ1n) is 9.90. The fourth-order valence-corrected chi connectivity index (χ4v) is 4.06. The quantitative estimate of drug-likeness (QED) is 0.525. The van der Waals surface area contributed by atoms with E-state index in [0.717, 1.165) is 34.1 Å².